The first-order valence-electron chi connectivity index (χ1n) is 7.85. The monoisotopic (exact) mass is 289 g/mol. The molecule has 0 amide bonds. The molecule has 1 heterocycles. The number of hydrogen-bond acceptors (Lipinski definition) is 4. The normalized spacial score (nSPS) is 29.3. The van der Waals surface area contributed by atoms with Crippen molar-refractivity contribution < 1.29 is 4.92 Å². The van der Waals surface area contributed by atoms with Crippen LogP contribution in [0.3, 0.4) is 0 Å². The molecule has 0 spiro atoms. The van der Waals surface area contributed by atoms with Crippen molar-refractivity contribution in [3.63, 3.8) is 0 Å². The summed E-state index contributed by atoms with van der Waals surface area (Å²) < 4.78 is 0. The van der Waals surface area contributed by atoms with Crippen molar-refractivity contribution in [3.05, 3.63) is 39.9 Å². The summed E-state index contributed by atoms with van der Waals surface area (Å²) in [7, 11) is 0. The Labute approximate surface area is 125 Å². The topological polar surface area (TPSA) is 72.4 Å². The highest BCUT2D eigenvalue weighted by Gasteiger charge is 2.38. The van der Waals surface area contributed by atoms with E-state index in [2.05, 4.69) is 4.90 Å². The molecular formula is C16H23N3O2. The molecule has 3 rings (SSSR count). The predicted octanol–water partition coefficient (Wildman–Crippen LogP) is 2.20. The Hall–Kier alpha value is -1.46. The first-order valence-corrected chi connectivity index (χ1v) is 7.85. The average molecular weight is 289 g/mol. The zero-order valence-electron chi connectivity index (χ0n) is 12.3. The molecule has 0 bridgehead atoms. The maximum absolute atomic E-state index is 11.0. The van der Waals surface area contributed by atoms with E-state index in [1.807, 2.05) is 12.1 Å². The van der Waals surface area contributed by atoms with E-state index < -0.39 is 0 Å². The van der Waals surface area contributed by atoms with Crippen molar-refractivity contribution in [2.45, 2.75) is 31.7 Å². The van der Waals surface area contributed by atoms with E-state index in [9.17, 15) is 10.1 Å². The SMILES string of the molecule is NC1CCCC2CN(CCc3ccccc3[N+](=O)[O-])CC12. The van der Waals surface area contributed by atoms with E-state index in [0.717, 1.165) is 44.0 Å². The molecule has 1 saturated carbocycles. The number of nitrogens with zero attached hydrogens (tertiary/aromatic N) is 2. The molecule has 21 heavy (non-hydrogen) atoms. The quantitative estimate of drug-likeness (QED) is 0.681. The van der Waals surface area contributed by atoms with E-state index in [-0.39, 0.29) is 10.6 Å². The summed E-state index contributed by atoms with van der Waals surface area (Å²) >= 11 is 0. The summed E-state index contributed by atoms with van der Waals surface area (Å²) in [6.45, 7) is 3.07. The zero-order valence-corrected chi connectivity index (χ0v) is 12.3. The lowest BCUT2D eigenvalue weighted by molar-refractivity contribution is -0.385. The van der Waals surface area contributed by atoms with Crippen LogP contribution in [-0.4, -0.2) is 35.5 Å². The second-order valence-corrected chi connectivity index (χ2v) is 6.41. The largest absolute Gasteiger partial charge is 0.327 e. The Morgan fingerprint density at radius 3 is 2.86 bits per heavy atom. The van der Waals surface area contributed by atoms with Crippen molar-refractivity contribution in [1.29, 1.82) is 0 Å². The Bertz CT molecular complexity index is 520. The smallest absolute Gasteiger partial charge is 0.272 e. The van der Waals surface area contributed by atoms with Gasteiger partial charge >= 0.3 is 0 Å². The summed E-state index contributed by atoms with van der Waals surface area (Å²) in [5, 5.41) is 11.0. The highest BCUT2D eigenvalue weighted by Crippen LogP contribution is 2.35. The van der Waals surface area contributed by atoms with Crippen LogP contribution in [0.1, 0.15) is 24.8 Å². The van der Waals surface area contributed by atoms with Crippen molar-refractivity contribution in [1.82, 2.24) is 4.90 Å². The van der Waals surface area contributed by atoms with Gasteiger partial charge in [0.25, 0.3) is 5.69 Å². The number of para-hydroxylation sites is 1. The van der Waals surface area contributed by atoms with Crippen LogP contribution < -0.4 is 5.73 Å². The lowest BCUT2D eigenvalue weighted by atomic mass is 9.78. The minimum Gasteiger partial charge on any atom is -0.327 e. The summed E-state index contributed by atoms with van der Waals surface area (Å²) in [6.07, 6.45) is 4.44. The Morgan fingerprint density at radius 2 is 2.10 bits per heavy atom. The van der Waals surface area contributed by atoms with Gasteiger partial charge in [-0.1, -0.05) is 24.6 Å². The first kappa shape index (κ1) is 14.5. The van der Waals surface area contributed by atoms with Gasteiger partial charge in [0.2, 0.25) is 0 Å². The second-order valence-electron chi connectivity index (χ2n) is 6.41. The molecule has 2 aliphatic rings. The Balaban J connectivity index is 1.60. The van der Waals surface area contributed by atoms with Crippen molar-refractivity contribution >= 4 is 5.69 Å². The molecule has 1 aromatic rings. The van der Waals surface area contributed by atoms with E-state index in [1.54, 1.807) is 12.1 Å². The maximum Gasteiger partial charge on any atom is 0.272 e. The van der Waals surface area contributed by atoms with Gasteiger partial charge in [-0.25, -0.2) is 0 Å². The zero-order chi connectivity index (χ0) is 14.8. The van der Waals surface area contributed by atoms with E-state index in [0.29, 0.717) is 12.0 Å². The van der Waals surface area contributed by atoms with E-state index in [1.165, 1.54) is 12.8 Å². The number of fused-ring (bicyclic) bond motifs is 1. The van der Waals surface area contributed by atoms with Gasteiger partial charge in [-0.3, -0.25) is 10.1 Å². The van der Waals surface area contributed by atoms with E-state index in [4.69, 9.17) is 5.73 Å². The number of benzene rings is 1. The fourth-order valence-electron chi connectivity index (χ4n) is 3.97. The van der Waals surface area contributed by atoms with E-state index >= 15 is 0 Å². The molecule has 114 valence electrons. The van der Waals surface area contributed by atoms with Crippen molar-refractivity contribution in [2.24, 2.45) is 17.6 Å². The van der Waals surface area contributed by atoms with Gasteiger partial charge in [0, 0.05) is 37.3 Å². The number of nitro benzene ring substituents is 1. The van der Waals surface area contributed by atoms with Crippen molar-refractivity contribution in [3.8, 4) is 0 Å². The number of likely N-dealkylation sites (tertiary alicyclic amines) is 1. The molecule has 3 unspecified atom stereocenters. The first-order chi connectivity index (χ1) is 10.1. The predicted molar refractivity (Wildman–Crippen MR) is 82.0 cm³/mol. The average Bonchev–Trinajstić information content (AvgIpc) is 2.90. The van der Waals surface area contributed by atoms with Crippen LogP contribution in [0.15, 0.2) is 24.3 Å². The van der Waals surface area contributed by atoms with Crippen LogP contribution in [0.2, 0.25) is 0 Å². The molecule has 5 nitrogen and oxygen atoms in total. The fraction of sp³-hybridized carbons (Fsp3) is 0.625. The molecule has 2 N–H and O–H groups in total. The highest BCUT2D eigenvalue weighted by molar-refractivity contribution is 5.39. The molecule has 3 atom stereocenters. The lowest BCUT2D eigenvalue weighted by Gasteiger charge is -2.29. The van der Waals surface area contributed by atoms with Gasteiger partial charge in [0.05, 0.1) is 4.92 Å². The standard InChI is InChI=1S/C16H23N3O2/c17-15-6-3-5-13-10-18(11-14(13)15)9-8-12-4-1-2-7-16(12)19(20)21/h1-2,4,7,13-15H,3,5-6,8-11,17H2. The third-order valence-corrected chi connectivity index (χ3v) is 5.12. The molecule has 1 saturated heterocycles. The van der Waals surface area contributed by atoms with Gasteiger partial charge in [-0.2, -0.15) is 0 Å². The number of hydrogen-bond donors (Lipinski definition) is 1. The summed E-state index contributed by atoms with van der Waals surface area (Å²) in [5.41, 5.74) is 7.31. The number of rotatable bonds is 4. The third kappa shape index (κ3) is 3.09. The summed E-state index contributed by atoms with van der Waals surface area (Å²) in [4.78, 5) is 13.2. The molecule has 1 aromatic carbocycles. The van der Waals surface area contributed by atoms with Gasteiger partial charge < -0.3 is 10.6 Å². The second kappa shape index (κ2) is 6.12. The summed E-state index contributed by atoms with van der Waals surface area (Å²) in [5.74, 6) is 1.36. The molecular weight excluding hydrogens is 266 g/mol. The van der Waals surface area contributed by atoms with Crippen molar-refractivity contribution in [2.75, 3.05) is 19.6 Å². The summed E-state index contributed by atoms with van der Waals surface area (Å²) in [6, 6.07) is 7.41. The minimum atomic E-state index is -0.283. The number of nitrogens with two attached hydrogens (primary N) is 1. The van der Waals surface area contributed by atoms with Crippen LogP contribution in [0.25, 0.3) is 0 Å². The lowest BCUT2D eigenvalue weighted by Crippen LogP contribution is -2.38. The Morgan fingerprint density at radius 1 is 1.29 bits per heavy atom. The number of nitro groups is 1. The Kier molecular flexibility index (Phi) is 4.22. The minimum absolute atomic E-state index is 0.241. The molecule has 0 radical (unpaired) electrons. The third-order valence-electron chi connectivity index (χ3n) is 5.12. The molecule has 2 fully saturated rings. The van der Waals surface area contributed by atoms with Crippen LogP contribution in [-0.2, 0) is 6.42 Å². The fourth-order valence-corrected chi connectivity index (χ4v) is 3.97. The van der Waals surface area contributed by atoms with Crippen LogP contribution in [0.5, 0.6) is 0 Å². The highest BCUT2D eigenvalue weighted by atomic mass is 16.6. The van der Waals surface area contributed by atoms with Gasteiger partial charge in [-0.05, 0) is 31.1 Å². The van der Waals surface area contributed by atoms with Crippen LogP contribution in [0, 0.1) is 22.0 Å². The molecule has 1 aliphatic heterocycles. The van der Waals surface area contributed by atoms with Crippen LogP contribution in [0.4, 0.5) is 5.69 Å². The van der Waals surface area contributed by atoms with Gasteiger partial charge in [0.1, 0.15) is 0 Å². The maximum atomic E-state index is 11.0. The van der Waals surface area contributed by atoms with Gasteiger partial charge in [0.15, 0.2) is 0 Å². The van der Waals surface area contributed by atoms with Crippen LogP contribution >= 0.6 is 0 Å². The molecule has 5 heteroatoms. The molecule has 0 aromatic heterocycles. The molecule has 1 aliphatic carbocycles. The van der Waals surface area contributed by atoms with Gasteiger partial charge in [-0.15, -0.1) is 0 Å².